The lowest BCUT2D eigenvalue weighted by atomic mass is 10.0. The summed E-state index contributed by atoms with van der Waals surface area (Å²) in [6, 6.07) is 7.21. The highest BCUT2D eigenvalue weighted by molar-refractivity contribution is 6.35. The van der Waals surface area contributed by atoms with Crippen LogP contribution in [0.5, 0.6) is 0 Å². The third-order valence-electron chi connectivity index (χ3n) is 4.49. The Hall–Kier alpha value is -3.43. The second-order valence-corrected chi connectivity index (χ2v) is 8.58. The quantitative estimate of drug-likeness (QED) is 0.291. The molecule has 1 aromatic rings. The van der Waals surface area contributed by atoms with Crippen molar-refractivity contribution in [1.29, 1.82) is 0 Å². The van der Waals surface area contributed by atoms with E-state index in [-0.39, 0.29) is 24.9 Å². The van der Waals surface area contributed by atoms with Gasteiger partial charge in [-0.2, -0.15) is 0 Å². The molecule has 0 aliphatic carbocycles. The number of carbonyl (C=O) groups is 5. The molecule has 0 radical (unpaired) electrons. The minimum atomic E-state index is -0.985. The van der Waals surface area contributed by atoms with Crippen LogP contribution in [0.1, 0.15) is 53.0 Å². The summed E-state index contributed by atoms with van der Waals surface area (Å²) in [5.41, 5.74) is 4.96. The van der Waals surface area contributed by atoms with Gasteiger partial charge in [-0.3, -0.25) is 30.0 Å². The molecule has 0 aromatic heterocycles. The van der Waals surface area contributed by atoms with Crippen molar-refractivity contribution in [2.45, 2.75) is 66.2 Å². The van der Waals surface area contributed by atoms with Gasteiger partial charge < -0.3 is 15.4 Å². The number of hydrogen-bond acceptors (Lipinski definition) is 6. The average Bonchev–Trinajstić information content (AvgIpc) is 2.74. The van der Waals surface area contributed by atoms with Gasteiger partial charge in [0.05, 0.1) is 0 Å². The molecule has 10 heteroatoms. The van der Waals surface area contributed by atoms with Crippen LogP contribution in [0.4, 0.5) is 4.79 Å². The molecule has 2 unspecified atom stereocenters. The van der Waals surface area contributed by atoms with Gasteiger partial charge in [0.25, 0.3) is 5.91 Å². The fourth-order valence-electron chi connectivity index (χ4n) is 2.88. The number of alkyl carbamates (subject to hydrolysis) is 1. The minimum absolute atomic E-state index is 0.0388. The lowest BCUT2D eigenvalue weighted by Crippen LogP contribution is -2.57. The largest absolute Gasteiger partial charge is 0.445 e. The first-order valence-corrected chi connectivity index (χ1v) is 10.9. The highest BCUT2D eigenvalue weighted by Gasteiger charge is 2.28. The molecule has 0 spiro atoms. The van der Waals surface area contributed by atoms with Crippen LogP contribution in [0.15, 0.2) is 30.3 Å². The maximum atomic E-state index is 12.9. The van der Waals surface area contributed by atoms with Crippen LogP contribution in [-0.2, 0) is 30.5 Å². The van der Waals surface area contributed by atoms with Crippen molar-refractivity contribution in [2.24, 2.45) is 11.8 Å². The molecule has 2 atom stereocenters. The summed E-state index contributed by atoms with van der Waals surface area (Å²) < 4.78 is 5.21. The molecule has 182 valence electrons. The van der Waals surface area contributed by atoms with E-state index in [2.05, 4.69) is 16.1 Å². The van der Waals surface area contributed by atoms with Crippen LogP contribution in [0.25, 0.3) is 0 Å². The van der Waals surface area contributed by atoms with Crippen LogP contribution in [0.3, 0.4) is 0 Å². The molecule has 1 rings (SSSR count). The van der Waals surface area contributed by atoms with Crippen molar-refractivity contribution in [3.05, 3.63) is 35.9 Å². The Kier molecular flexibility index (Phi) is 11.6. The Labute approximate surface area is 194 Å². The minimum Gasteiger partial charge on any atom is -0.445 e. The predicted molar refractivity (Wildman–Crippen MR) is 121 cm³/mol. The van der Waals surface area contributed by atoms with E-state index < -0.39 is 41.7 Å². The SMILES string of the molecule is CC(=O)C(=O)NNC(=O)C(CC(C)C)NC(=O)C(CC(C)C)NC(=O)OCc1ccccc1. The first kappa shape index (κ1) is 27.6. The van der Waals surface area contributed by atoms with Crippen LogP contribution >= 0.6 is 0 Å². The molecular formula is C23H34N4O6. The molecule has 1 aromatic carbocycles. The van der Waals surface area contributed by atoms with Crippen molar-refractivity contribution in [3.63, 3.8) is 0 Å². The number of rotatable bonds is 11. The van der Waals surface area contributed by atoms with Gasteiger partial charge in [-0.25, -0.2) is 4.79 Å². The molecule has 0 saturated carbocycles. The second kappa shape index (κ2) is 13.9. The standard InChI is InChI=1S/C23H34N4O6/c1-14(2)11-18(25-23(32)33-13-17-9-7-6-8-10-17)21(30)24-19(12-15(3)4)22(31)27-26-20(29)16(5)28/h6-10,14-15,18-19H,11-13H2,1-5H3,(H,24,30)(H,25,32)(H,26,29)(H,27,31). The van der Waals surface area contributed by atoms with E-state index in [1.54, 1.807) is 0 Å². The fourth-order valence-corrected chi connectivity index (χ4v) is 2.88. The average molecular weight is 463 g/mol. The molecule has 0 aliphatic heterocycles. The Morgan fingerprint density at radius 1 is 0.788 bits per heavy atom. The summed E-state index contributed by atoms with van der Waals surface area (Å²) in [6.07, 6.45) is -0.151. The van der Waals surface area contributed by atoms with Crippen LogP contribution in [0.2, 0.25) is 0 Å². The van der Waals surface area contributed by atoms with E-state index in [1.165, 1.54) is 0 Å². The number of carbonyl (C=O) groups excluding carboxylic acids is 5. The van der Waals surface area contributed by atoms with Crippen molar-refractivity contribution < 1.29 is 28.7 Å². The van der Waals surface area contributed by atoms with Crippen LogP contribution in [-0.4, -0.2) is 41.7 Å². The predicted octanol–water partition coefficient (Wildman–Crippen LogP) is 1.59. The third kappa shape index (κ3) is 11.1. The number of nitrogens with one attached hydrogen (secondary N) is 4. The van der Waals surface area contributed by atoms with E-state index in [4.69, 9.17) is 4.74 Å². The Bertz CT molecular complexity index is 826. The van der Waals surface area contributed by atoms with Gasteiger partial charge in [0, 0.05) is 6.92 Å². The molecule has 0 fully saturated rings. The number of Topliss-reactive ketones (excluding diaryl/α,β-unsaturated/α-hetero) is 1. The zero-order valence-electron chi connectivity index (χ0n) is 19.8. The van der Waals surface area contributed by atoms with Gasteiger partial charge in [-0.05, 0) is 30.2 Å². The van der Waals surface area contributed by atoms with Gasteiger partial charge in [0.2, 0.25) is 11.7 Å². The topological polar surface area (TPSA) is 143 Å². The second-order valence-electron chi connectivity index (χ2n) is 8.58. The zero-order chi connectivity index (χ0) is 25.0. The Morgan fingerprint density at radius 3 is 1.85 bits per heavy atom. The highest BCUT2D eigenvalue weighted by atomic mass is 16.5. The third-order valence-corrected chi connectivity index (χ3v) is 4.49. The lowest BCUT2D eigenvalue weighted by Gasteiger charge is -2.25. The number of ether oxygens (including phenoxy) is 1. The number of hydrogen-bond donors (Lipinski definition) is 4. The number of benzene rings is 1. The van der Waals surface area contributed by atoms with Crippen LogP contribution in [0, 0.1) is 11.8 Å². The summed E-state index contributed by atoms with van der Waals surface area (Å²) in [7, 11) is 0. The zero-order valence-corrected chi connectivity index (χ0v) is 19.8. The van der Waals surface area contributed by atoms with Gasteiger partial charge in [0.1, 0.15) is 18.7 Å². The van der Waals surface area contributed by atoms with Crippen molar-refractivity contribution >= 4 is 29.6 Å². The molecule has 0 aliphatic rings. The van der Waals surface area contributed by atoms with E-state index in [0.29, 0.717) is 6.42 Å². The summed E-state index contributed by atoms with van der Waals surface area (Å²) in [5, 5.41) is 5.19. The number of hydrazine groups is 1. The number of amides is 4. The molecule has 0 bridgehead atoms. The van der Waals surface area contributed by atoms with E-state index in [1.807, 2.05) is 63.5 Å². The van der Waals surface area contributed by atoms with Crippen molar-refractivity contribution in [3.8, 4) is 0 Å². The maximum Gasteiger partial charge on any atom is 0.408 e. The van der Waals surface area contributed by atoms with Crippen LogP contribution < -0.4 is 21.5 Å². The molecular weight excluding hydrogens is 428 g/mol. The van der Waals surface area contributed by atoms with Gasteiger partial charge in [-0.1, -0.05) is 58.0 Å². The normalized spacial score (nSPS) is 12.5. The smallest absolute Gasteiger partial charge is 0.408 e. The first-order valence-electron chi connectivity index (χ1n) is 10.9. The molecule has 0 saturated heterocycles. The van der Waals surface area contributed by atoms with Crippen molar-refractivity contribution in [2.75, 3.05) is 0 Å². The monoisotopic (exact) mass is 462 g/mol. The molecule has 4 amide bonds. The fraction of sp³-hybridized carbons (Fsp3) is 0.522. The molecule has 33 heavy (non-hydrogen) atoms. The van der Waals surface area contributed by atoms with E-state index in [0.717, 1.165) is 12.5 Å². The van der Waals surface area contributed by atoms with Gasteiger partial charge in [0.15, 0.2) is 0 Å². The Morgan fingerprint density at radius 2 is 1.33 bits per heavy atom. The molecule has 0 heterocycles. The number of ketones is 1. The Balaban J connectivity index is 2.79. The summed E-state index contributed by atoms with van der Waals surface area (Å²) in [6.45, 7) is 8.64. The maximum absolute atomic E-state index is 12.9. The highest BCUT2D eigenvalue weighted by Crippen LogP contribution is 2.09. The first-order chi connectivity index (χ1) is 15.5. The summed E-state index contributed by atoms with van der Waals surface area (Å²) in [5.74, 6) is -2.87. The van der Waals surface area contributed by atoms with E-state index >= 15 is 0 Å². The molecule has 10 nitrogen and oxygen atoms in total. The van der Waals surface area contributed by atoms with E-state index in [9.17, 15) is 24.0 Å². The summed E-state index contributed by atoms with van der Waals surface area (Å²) in [4.78, 5) is 60.2. The van der Waals surface area contributed by atoms with Crippen molar-refractivity contribution in [1.82, 2.24) is 21.5 Å². The van der Waals surface area contributed by atoms with Gasteiger partial charge in [-0.15, -0.1) is 0 Å². The summed E-state index contributed by atoms with van der Waals surface area (Å²) >= 11 is 0. The molecule has 4 N–H and O–H groups in total. The van der Waals surface area contributed by atoms with Gasteiger partial charge >= 0.3 is 12.0 Å². The lowest BCUT2D eigenvalue weighted by molar-refractivity contribution is -0.139.